The van der Waals surface area contributed by atoms with Crippen molar-refractivity contribution in [3.05, 3.63) is 24.3 Å². The van der Waals surface area contributed by atoms with E-state index in [1.54, 1.807) is 0 Å². The maximum absolute atomic E-state index is 13.4. The fourth-order valence-electron chi connectivity index (χ4n) is 5.13. The molecule has 2 saturated heterocycles. The first kappa shape index (κ1) is 22.9. The second kappa shape index (κ2) is 10.1. The smallest absolute Gasteiger partial charge is 0.315 e. The summed E-state index contributed by atoms with van der Waals surface area (Å²) in [5, 5.41) is 5.94. The number of nitrogens with two attached hydrogens (primary N) is 1. The van der Waals surface area contributed by atoms with Gasteiger partial charge < -0.3 is 26.2 Å². The standard InChI is InChI=1S/C22H31N7O4/c23-19(30)17-7-4-10-28(17)21(32)18-11-15(27-22(33)26-14-5-2-1-3-6-14)13-29(18)20(31)16-12-24-8-9-25-16/h8-9,12,14-15,17-18H,1-7,10-11,13H2,(H2,23,30)(H2,26,27,33). The predicted molar refractivity (Wildman–Crippen MR) is 118 cm³/mol. The first-order valence-corrected chi connectivity index (χ1v) is 11.7. The van der Waals surface area contributed by atoms with Gasteiger partial charge in [0.05, 0.1) is 12.2 Å². The minimum atomic E-state index is -0.820. The topological polar surface area (TPSA) is 151 Å². The summed E-state index contributed by atoms with van der Waals surface area (Å²) in [5.74, 6) is -1.31. The number of amides is 5. The van der Waals surface area contributed by atoms with Gasteiger partial charge in [-0.3, -0.25) is 19.4 Å². The normalized spacial score (nSPS) is 25.6. The van der Waals surface area contributed by atoms with Gasteiger partial charge in [0, 0.05) is 31.5 Å². The molecule has 3 heterocycles. The predicted octanol–water partition coefficient (Wildman–Crippen LogP) is 0.168. The molecule has 4 N–H and O–H groups in total. The number of carbonyl (C=O) groups excluding carboxylic acids is 4. The highest BCUT2D eigenvalue weighted by molar-refractivity contribution is 5.97. The van der Waals surface area contributed by atoms with Crippen LogP contribution in [0.25, 0.3) is 0 Å². The third-order valence-electron chi connectivity index (χ3n) is 6.77. The molecule has 178 valence electrons. The molecule has 0 bridgehead atoms. The van der Waals surface area contributed by atoms with Crippen molar-refractivity contribution in [2.75, 3.05) is 13.1 Å². The third-order valence-corrected chi connectivity index (χ3v) is 6.77. The number of aromatic nitrogens is 2. The molecule has 5 amide bonds. The SMILES string of the molecule is NC(=O)C1CCCN1C(=O)C1CC(NC(=O)NC2CCCCC2)CN1C(=O)c1cnccn1. The summed E-state index contributed by atoms with van der Waals surface area (Å²) in [7, 11) is 0. The van der Waals surface area contributed by atoms with Crippen LogP contribution < -0.4 is 16.4 Å². The van der Waals surface area contributed by atoms with Gasteiger partial charge >= 0.3 is 6.03 Å². The van der Waals surface area contributed by atoms with E-state index in [0.29, 0.717) is 19.4 Å². The molecule has 0 radical (unpaired) electrons. The van der Waals surface area contributed by atoms with Crippen LogP contribution in [0, 0.1) is 0 Å². The van der Waals surface area contributed by atoms with E-state index in [9.17, 15) is 19.2 Å². The number of hydrogen-bond donors (Lipinski definition) is 3. The molecule has 1 aromatic heterocycles. The lowest BCUT2D eigenvalue weighted by molar-refractivity contribution is -0.140. The Morgan fingerprint density at radius 3 is 2.36 bits per heavy atom. The molecular formula is C22H31N7O4. The van der Waals surface area contributed by atoms with E-state index in [2.05, 4.69) is 20.6 Å². The molecular weight excluding hydrogens is 426 g/mol. The number of rotatable bonds is 5. The van der Waals surface area contributed by atoms with Crippen LogP contribution in [0.1, 0.15) is 61.9 Å². The summed E-state index contributed by atoms with van der Waals surface area (Å²) >= 11 is 0. The van der Waals surface area contributed by atoms with Crippen LogP contribution in [0.3, 0.4) is 0 Å². The van der Waals surface area contributed by atoms with Crippen LogP contribution in [0.15, 0.2) is 18.6 Å². The number of urea groups is 1. The Morgan fingerprint density at radius 1 is 0.909 bits per heavy atom. The number of primary amides is 1. The van der Waals surface area contributed by atoms with Gasteiger partial charge in [-0.15, -0.1) is 0 Å². The summed E-state index contributed by atoms with van der Waals surface area (Å²) in [6, 6.07) is -2.04. The molecule has 2 aliphatic heterocycles. The van der Waals surface area contributed by atoms with E-state index >= 15 is 0 Å². The number of nitrogens with zero attached hydrogens (tertiary/aromatic N) is 4. The molecule has 0 aromatic carbocycles. The maximum Gasteiger partial charge on any atom is 0.315 e. The molecule has 0 spiro atoms. The Hall–Kier alpha value is -3.24. The van der Waals surface area contributed by atoms with Crippen molar-refractivity contribution in [2.24, 2.45) is 5.73 Å². The molecule has 4 rings (SSSR count). The van der Waals surface area contributed by atoms with Crippen molar-refractivity contribution >= 4 is 23.8 Å². The molecule has 1 aromatic rings. The lowest BCUT2D eigenvalue weighted by Crippen LogP contribution is -2.52. The Bertz CT molecular complexity index is 890. The molecule has 3 atom stereocenters. The first-order chi connectivity index (χ1) is 15.9. The quantitative estimate of drug-likeness (QED) is 0.573. The zero-order valence-electron chi connectivity index (χ0n) is 18.6. The van der Waals surface area contributed by atoms with Gasteiger partial charge in [-0.2, -0.15) is 0 Å². The Labute approximate surface area is 192 Å². The van der Waals surface area contributed by atoms with Crippen LogP contribution in [-0.4, -0.2) is 80.8 Å². The number of likely N-dealkylation sites (tertiary alicyclic amines) is 2. The number of hydrogen-bond acceptors (Lipinski definition) is 6. The minimum absolute atomic E-state index is 0.121. The van der Waals surface area contributed by atoms with E-state index in [1.807, 2.05) is 0 Å². The fraction of sp³-hybridized carbons (Fsp3) is 0.636. The summed E-state index contributed by atoms with van der Waals surface area (Å²) in [4.78, 5) is 61.9. The molecule has 3 aliphatic rings. The van der Waals surface area contributed by atoms with Gasteiger partial charge in [-0.1, -0.05) is 19.3 Å². The second-order valence-electron chi connectivity index (χ2n) is 9.04. The van der Waals surface area contributed by atoms with Crippen LogP contribution in [0.5, 0.6) is 0 Å². The highest BCUT2D eigenvalue weighted by Gasteiger charge is 2.45. The van der Waals surface area contributed by atoms with Crippen molar-refractivity contribution in [3.63, 3.8) is 0 Å². The van der Waals surface area contributed by atoms with Crippen molar-refractivity contribution in [1.29, 1.82) is 0 Å². The lowest BCUT2D eigenvalue weighted by atomic mass is 9.96. The lowest BCUT2D eigenvalue weighted by Gasteiger charge is -2.29. The van der Waals surface area contributed by atoms with Crippen LogP contribution in [0.2, 0.25) is 0 Å². The number of nitrogens with one attached hydrogen (secondary N) is 2. The average molecular weight is 458 g/mol. The van der Waals surface area contributed by atoms with Crippen molar-refractivity contribution in [1.82, 2.24) is 30.4 Å². The Kier molecular flexibility index (Phi) is 7.05. The zero-order valence-corrected chi connectivity index (χ0v) is 18.6. The minimum Gasteiger partial charge on any atom is -0.368 e. The number of carbonyl (C=O) groups is 4. The first-order valence-electron chi connectivity index (χ1n) is 11.7. The van der Waals surface area contributed by atoms with Gasteiger partial charge in [0.15, 0.2) is 0 Å². The summed E-state index contributed by atoms with van der Waals surface area (Å²) < 4.78 is 0. The van der Waals surface area contributed by atoms with E-state index in [4.69, 9.17) is 5.73 Å². The van der Waals surface area contributed by atoms with Crippen LogP contribution in [0.4, 0.5) is 4.79 Å². The second-order valence-corrected chi connectivity index (χ2v) is 9.04. The molecule has 11 nitrogen and oxygen atoms in total. The fourth-order valence-corrected chi connectivity index (χ4v) is 5.13. The summed E-state index contributed by atoms with van der Waals surface area (Å²) in [6.45, 7) is 0.579. The zero-order chi connectivity index (χ0) is 23.4. The highest BCUT2D eigenvalue weighted by atomic mass is 16.2. The highest BCUT2D eigenvalue weighted by Crippen LogP contribution is 2.26. The third kappa shape index (κ3) is 5.23. The molecule has 33 heavy (non-hydrogen) atoms. The monoisotopic (exact) mass is 457 g/mol. The van der Waals surface area contributed by atoms with Crippen LogP contribution >= 0.6 is 0 Å². The average Bonchev–Trinajstić information content (AvgIpc) is 3.47. The van der Waals surface area contributed by atoms with Gasteiger partial charge in [0.2, 0.25) is 11.8 Å². The van der Waals surface area contributed by atoms with Gasteiger partial charge in [0.25, 0.3) is 5.91 Å². The van der Waals surface area contributed by atoms with E-state index in [1.165, 1.54) is 34.8 Å². The van der Waals surface area contributed by atoms with Crippen LogP contribution in [-0.2, 0) is 9.59 Å². The Balaban J connectivity index is 1.48. The molecule has 11 heteroatoms. The van der Waals surface area contributed by atoms with Gasteiger partial charge in [0.1, 0.15) is 17.8 Å². The van der Waals surface area contributed by atoms with E-state index < -0.39 is 29.9 Å². The van der Waals surface area contributed by atoms with Crippen molar-refractivity contribution in [3.8, 4) is 0 Å². The molecule has 1 aliphatic carbocycles. The van der Waals surface area contributed by atoms with Crippen molar-refractivity contribution < 1.29 is 19.2 Å². The molecule has 1 saturated carbocycles. The van der Waals surface area contributed by atoms with Gasteiger partial charge in [-0.25, -0.2) is 9.78 Å². The Morgan fingerprint density at radius 2 is 1.67 bits per heavy atom. The van der Waals surface area contributed by atoms with E-state index in [0.717, 1.165) is 25.7 Å². The van der Waals surface area contributed by atoms with Crippen molar-refractivity contribution in [2.45, 2.75) is 75.5 Å². The van der Waals surface area contributed by atoms with E-state index in [-0.39, 0.29) is 36.6 Å². The maximum atomic E-state index is 13.4. The summed E-state index contributed by atoms with van der Waals surface area (Å²) in [6.07, 6.45) is 11.0. The molecule has 3 unspecified atom stereocenters. The summed E-state index contributed by atoms with van der Waals surface area (Å²) in [5.41, 5.74) is 5.62. The largest absolute Gasteiger partial charge is 0.368 e. The molecule has 3 fully saturated rings. The van der Waals surface area contributed by atoms with Gasteiger partial charge in [-0.05, 0) is 32.1 Å².